The van der Waals surface area contributed by atoms with Crippen LogP contribution >= 0.6 is 22.6 Å². The number of nitrogens with zero attached hydrogens (tertiary/aromatic N) is 1. The first-order chi connectivity index (χ1) is 8.97. The molecule has 0 atom stereocenters. The zero-order valence-electron chi connectivity index (χ0n) is 10.6. The first-order valence-corrected chi connectivity index (χ1v) is 6.79. The maximum atomic E-state index is 12.1. The third-order valence-corrected chi connectivity index (χ3v) is 3.35. The Balaban J connectivity index is 2.28. The summed E-state index contributed by atoms with van der Waals surface area (Å²) in [5.41, 5.74) is 2.55. The highest BCUT2D eigenvalue weighted by molar-refractivity contribution is 14.1. The van der Waals surface area contributed by atoms with Gasteiger partial charge in [-0.1, -0.05) is 0 Å². The summed E-state index contributed by atoms with van der Waals surface area (Å²) in [5.74, 6) is -0.375. The molecular weight excluding hydrogens is 355 g/mol. The predicted octanol–water partition coefficient (Wildman–Crippen LogP) is 3.26. The molecule has 2 aromatic rings. The lowest BCUT2D eigenvalue weighted by Gasteiger charge is -2.09. The van der Waals surface area contributed by atoms with Gasteiger partial charge in [-0.3, -0.25) is 9.78 Å². The second kappa shape index (κ2) is 5.56. The molecule has 0 saturated heterocycles. The number of hydrogen-bond donors (Lipinski definition) is 2. The standard InChI is InChI=1S/C14H13IN2O2/c1-8-3-5-12(9(2)16-8)17-14(19)11-7-10(15)4-6-13(11)18/h3-7,18H,1-2H3,(H,17,19). The first kappa shape index (κ1) is 13.8. The molecule has 2 N–H and O–H groups in total. The molecule has 1 aromatic carbocycles. The Labute approximate surface area is 125 Å². The fourth-order valence-corrected chi connectivity index (χ4v) is 2.19. The summed E-state index contributed by atoms with van der Waals surface area (Å²) in [6.07, 6.45) is 0. The maximum Gasteiger partial charge on any atom is 0.259 e. The lowest BCUT2D eigenvalue weighted by atomic mass is 10.2. The highest BCUT2D eigenvalue weighted by atomic mass is 127. The van der Waals surface area contributed by atoms with E-state index in [2.05, 4.69) is 32.9 Å². The van der Waals surface area contributed by atoms with Crippen molar-refractivity contribution in [2.24, 2.45) is 0 Å². The first-order valence-electron chi connectivity index (χ1n) is 5.71. The van der Waals surface area contributed by atoms with E-state index in [0.717, 1.165) is 15.0 Å². The van der Waals surface area contributed by atoms with Crippen molar-refractivity contribution >= 4 is 34.2 Å². The molecule has 2 rings (SSSR count). The van der Waals surface area contributed by atoms with E-state index in [-0.39, 0.29) is 17.2 Å². The Morgan fingerprint density at radius 1 is 1.26 bits per heavy atom. The Morgan fingerprint density at radius 3 is 2.68 bits per heavy atom. The molecule has 98 valence electrons. The number of amides is 1. The molecule has 4 nitrogen and oxygen atoms in total. The minimum Gasteiger partial charge on any atom is -0.507 e. The molecule has 0 aliphatic rings. The van der Waals surface area contributed by atoms with Crippen LogP contribution in [0.4, 0.5) is 5.69 Å². The predicted molar refractivity (Wildman–Crippen MR) is 82.5 cm³/mol. The molecule has 19 heavy (non-hydrogen) atoms. The molecule has 5 heteroatoms. The number of carbonyl (C=O) groups is 1. The van der Waals surface area contributed by atoms with E-state index < -0.39 is 0 Å². The van der Waals surface area contributed by atoms with E-state index in [4.69, 9.17) is 0 Å². The summed E-state index contributed by atoms with van der Waals surface area (Å²) in [6, 6.07) is 8.53. The molecule has 0 spiro atoms. The topological polar surface area (TPSA) is 62.2 Å². The van der Waals surface area contributed by atoms with Gasteiger partial charge < -0.3 is 10.4 Å². The molecule has 1 aromatic heterocycles. The summed E-state index contributed by atoms with van der Waals surface area (Å²) >= 11 is 2.09. The van der Waals surface area contributed by atoms with E-state index in [1.165, 1.54) is 6.07 Å². The van der Waals surface area contributed by atoms with Gasteiger partial charge in [-0.2, -0.15) is 0 Å². The highest BCUT2D eigenvalue weighted by Crippen LogP contribution is 2.22. The maximum absolute atomic E-state index is 12.1. The van der Waals surface area contributed by atoms with E-state index in [1.807, 2.05) is 19.9 Å². The minimum absolute atomic E-state index is 0.0318. The van der Waals surface area contributed by atoms with Crippen molar-refractivity contribution in [1.82, 2.24) is 4.98 Å². The molecule has 0 saturated carbocycles. The number of aromatic hydroxyl groups is 1. The number of benzene rings is 1. The van der Waals surface area contributed by atoms with Crippen molar-refractivity contribution in [3.05, 3.63) is 50.9 Å². The van der Waals surface area contributed by atoms with Crippen molar-refractivity contribution in [3.63, 3.8) is 0 Å². The second-order valence-electron chi connectivity index (χ2n) is 4.20. The summed E-state index contributed by atoms with van der Waals surface area (Å²) in [4.78, 5) is 16.4. The number of anilines is 1. The van der Waals surface area contributed by atoms with Crippen molar-refractivity contribution in [3.8, 4) is 5.75 Å². The fourth-order valence-electron chi connectivity index (χ4n) is 1.70. The third-order valence-electron chi connectivity index (χ3n) is 2.68. The fraction of sp³-hybridized carbons (Fsp3) is 0.143. The van der Waals surface area contributed by atoms with Crippen LogP contribution < -0.4 is 5.32 Å². The van der Waals surface area contributed by atoms with E-state index >= 15 is 0 Å². The average Bonchev–Trinajstić information content (AvgIpc) is 2.35. The number of carbonyl (C=O) groups excluding carboxylic acids is 1. The van der Waals surface area contributed by atoms with Gasteiger partial charge in [0.05, 0.1) is 16.9 Å². The van der Waals surface area contributed by atoms with Crippen LogP contribution in [0.15, 0.2) is 30.3 Å². The van der Waals surface area contributed by atoms with Crippen LogP contribution in [-0.4, -0.2) is 16.0 Å². The summed E-state index contributed by atoms with van der Waals surface area (Å²) in [7, 11) is 0. The second-order valence-corrected chi connectivity index (χ2v) is 5.45. The quantitative estimate of drug-likeness (QED) is 0.800. The van der Waals surface area contributed by atoms with Gasteiger partial charge in [0, 0.05) is 9.26 Å². The van der Waals surface area contributed by atoms with Crippen molar-refractivity contribution < 1.29 is 9.90 Å². The number of nitrogens with one attached hydrogen (secondary N) is 1. The monoisotopic (exact) mass is 368 g/mol. The van der Waals surface area contributed by atoms with Crippen LogP contribution in [0.25, 0.3) is 0 Å². The summed E-state index contributed by atoms with van der Waals surface area (Å²) in [5, 5.41) is 12.5. The smallest absolute Gasteiger partial charge is 0.259 e. The SMILES string of the molecule is Cc1ccc(NC(=O)c2cc(I)ccc2O)c(C)n1. The normalized spacial score (nSPS) is 10.3. The van der Waals surface area contributed by atoms with Crippen LogP contribution in [0.2, 0.25) is 0 Å². The minimum atomic E-state index is -0.343. The molecule has 1 amide bonds. The number of aromatic nitrogens is 1. The number of pyridine rings is 1. The van der Waals surface area contributed by atoms with Crippen LogP contribution in [0.1, 0.15) is 21.7 Å². The molecule has 0 fully saturated rings. The summed E-state index contributed by atoms with van der Waals surface area (Å²) in [6.45, 7) is 3.72. The van der Waals surface area contributed by atoms with Crippen molar-refractivity contribution in [1.29, 1.82) is 0 Å². The van der Waals surface area contributed by atoms with Crippen LogP contribution in [0.3, 0.4) is 0 Å². The van der Waals surface area contributed by atoms with Gasteiger partial charge in [0.1, 0.15) is 5.75 Å². The highest BCUT2D eigenvalue weighted by Gasteiger charge is 2.13. The molecule has 0 aliphatic carbocycles. The van der Waals surface area contributed by atoms with Gasteiger partial charge in [0.15, 0.2) is 0 Å². The van der Waals surface area contributed by atoms with Crippen LogP contribution in [-0.2, 0) is 0 Å². The number of rotatable bonds is 2. The zero-order valence-corrected chi connectivity index (χ0v) is 12.7. The summed E-state index contributed by atoms with van der Waals surface area (Å²) < 4.78 is 0.888. The molecular formula is C14H13IN2O2. The number of phenolic OH excluding ortho intramolecular Hbond substituents is 1. The average molecular weight is 368 g/mol. The van der Waals surface area contributed by atoms with Crippen LogP contribution in [0, 0.1) is 17.4 Å². The van der Waals surface area contributed by atoms with Gasteiger partial charge in [-0.15, -0.1) is 0 Å². The largest absolute Gasteiger partial charge is 0.507 e. The number of aryl methyl sites for hydroxylation is 2. The zero-order chi connectivity index (χ0) is 14.0. The van der Waals surface area contributed by atoms with Crippen molar-refractivity contribution in [2.45, 2.75) is 13.8 Å². The van der Waals surface area contributed by atoms with E-state index in [0.29, 0.717) is 5.69 Å². The number of hydrogen-bond acceptors (Lipinski definition) is 3. The number of halogens is 1. The third kappa shape index (κ3) is 3.23. The van der Waals surface area contributed by atoms with Crippen LogP contribution in [0.5, 0.6) is 5.75 Å². The Hall–Kier alpha value is -1.63. The molecule has 0 radical (unpaired) electrons. The van der Waals surface area contributed by atoms with Gasteiger partial charge in [0.2, 0.25) is 0 Å². The van der Waals surface area contributed by atoms with E-state index in [9.17, 15) is 9.90 Å². The molecule has 1 heterocycles. The van der Waals surface area contributed by atoms with Crippen molar-refractivity contribution in [2.75, 3.05) is 5.32 Å². The van der Waals surface area contributed by atoms with Gasteiger partial charge in [-0.25, -0.2) is 0 Å². The van der Waals surface area contributed by atoms with Gasteiger partial charge >= 0.3 is 0 Å². The molecule has 0 bridgehead atoms. The molecule has 0 unspecified atom stereocenters. The van der Waals surface area contributed by atoms with E-state index in [1.54, 1.807) is 18.2 Å². The van der Waals surface area contributed by atoms with Gasteiger partial charge in [0.25, 0.3) is 5.91 Å². The van der Waals surface area contributed by atoms with Gasteiger partial charge in [-0.05, 0) is 66.8 Å². The Morgan fingerprint density at radius 2 is 2.00 bits per heavy atom. The Kier molecular flexibility index (Phi) is 4.04. The molecule has 0 aliphatic heterocycles. The lowest BCUT2D eigenvalue weighted by molar-refractivity contribution is 0.102. The number of phenols is 1. The lowest BCUT2D eigenvalue weighted by Crippen LogP contribution is -2.13. The Bertz CT molecular complexity index is 641.